The molecule has 9 heteroatoms. The maximum Gasteiger partial charge on any atom is 0.167 e. The van der Waals surface area contributed by atoms with Crippen LogP contribution in [0.1, 0.15) is 6.23 Å². The van der Waals surface area contributed by atoms with Crippen LogP contribution in [0.25, 0.3) is 11.2 Å². The fourth-order valence-corrected chi connectivity index (χ4v) is 2.51. The van der Waals surface area contributed by atoms with Crippen LogP contribution in [0.4, 0.5) is 5.82 Å². The Bertz CT molecular complexity index is 645. The minimum absolute atomic E-state index is 0.251. The summed E-state index contributed by atoms with van der Waals surface area (Å²) in [5.74, 6) is 0.675. The van der Waals surface area contributed by atoms with Gasteiger partial charge in [-0.15, -0.1) is 0 Å². The van der Waals surface area contributed by atoms with E-state index in [0.29, 0.717) is 17.0 Å². The first-order valence-corrected chi connectivity index (χ1v) is 6.59. The molecule has 4 N–H and O–H groups in total. The van der Waals surface area contributed by atoms with Crippen LogP contribution >= 0.6 is 0 Å². The topological polar surface area (TPSA) is 123 Å². The number of ether oxygens (including phenoxy) is 1. The Morgan fingerprint density at radius 1 is 1.38 bits per heavy atom. The number of anilines is 1. The third-order valence-electron chi connectivity index (χ3n) is 3.65. The lowest BCUT2D eigenvalue weighted by atomic mass is 10.1. The number of hydrogen-bond acceptors (Lipinski definition) is 8. The van der Waals surface area contributed by atoms with E-state index in [2.05, 4.69) is 15.0 Å². The summed E-state index contributed by atoms with van der Waals surface area (Å²) >= 11 is 0. The number of imidazole rings is 1. The molecular weight excluding hydrogens is 276 g/mol. The summed E-state index contributed by atoms with van der Waals surface area (Å²) in [5.41, 5.74) is 7.00. The molecule has 0 amide bonds. The zero-order valence-electron chi connectivity index (χ0n) is 11.8. The Hall–Kier alpha value is -1.81. The van der Waals surface area contributed by atoms with Crippen molar-refractivity contribution in [3.63, 3.8) is 0 Å². The number of nitrogens with zero attached hydrogens (tertiary/aromatic N) is 5. The summed E-state index contributed by atoms with van der Waals surface area (Å²) in [5, 5.41) is 19.4. The smallest absolute Gasteiger partial charge is 0.167 e. The highest BCUT2D eigenvalue weighted by molar-refractivity contribution is 5.83. The molecule has 9 nitrogen and oxygen atoms in total. The van der Waals surface area contributed by atoms with Crippen molar-refractivity contribution in [3.05, 3.63) is 12.7 Å². The van der Waals surface area contributed by atoms with Crippen molar-refractivity contribution >= 4 is 17.0 Å². The zero-order chi connectivity index (χ0) is 15.1. The average Bonchev–Trinajstić information content (AvgIpc) is 3.01. The first-order valence-electron chi connectivity index (χ1n) is 6.59. The summed E-state index contributed by atoms with van der Waals surface area (Å²) in [6.07, 6.45) is 0.676. The van der Waals surface area contributed by atoms with Gasteiger partial charge < -0.3 is 25.6 Å². The van der Waals surface area contributed by atoms with E-state index in [1.54, 1.807) is 4.57 Å². The van der Waals surface area contributed by atoms with Crippen molar-refractivity contribution in [1.82, 2.24) is 19.5 Å². The maximum atomic E-state index is 10.2. The number of aromatic nitrogens is 4. The second kappa shape index (κ2) is 5.19. The van der Waals surface area contributed by atoms with Gasteiger partial charge in [0.25, 0.3) is 0 Å². The van der Waals surface area contributed by atoms with Gasteiger partial charge in [0.15, 0.2) is 23.2 Å². The molecule has 1 fully saturated rings. The van der Waals surface area contributed by atoms with E-state index in [4.69, 9.17) is 10.5 Å². The summed E-state index contributed by atoms with van der Waals surface area (Å²) in [7, 11) is 3.72. The van der Waals surface area contributed by atoms with Gasteiger partial charge in [-0.3, -0.25) is 4.57 Å². The van der Waals surface area contributed by atoms with E-state index in [0.717, 1.165) is 0 Å². The predicted molar refractivity (Wildman–Crippen MR) is 74.6 cm³/mol. The van der Waals surface area contributed by atoms with Gasteiger partial charge in [0.2, 0.25) is 0 Å². The monoisotopic (exact) mass is 294 g/mol. The van der Waals surface area contributed by atoms with Gasteiger partial charge in [-0.1, -0.05) is 0 Å². The molecule has 2 aromatic heterocycles. The quantitative estimate of drug-likeness (QED) is 0.623. The second-order valence-corrected chi connectivity index (χ2v) is 5.23. The number of aliphatic hydroxyl groups excluding tert-OH is 2. The Balaban J connectivity index is 2.04. The van der Waals surface area contributed by atoms with Gasteiger partial charge in [-0.2, -0.15) is 0 Å². The van der Waals surface area contributed by atoms with Crippen molar-refractivity contribution in [1.29, 1.82) is 0 Å². The molecule has 0 spiro atoms. The maximum absolute atomic E-state index is 10.2. The minimum atomic E-state index is -0.947. The first kappa shape index (κ1) is 14.1. The van der Waals surface area contributed by atoms with E-state index in [1.165, 1.54) is 12.7 Å². The van der Waals surface area contributed by atoms with Crippen molar-refractivity contribution in [2.75, 3.05) is 25.6 Å². The second-order valence-electron chi connectivity index (χ2n) is 5.23. The summed E-state index contributed by atoms with van der Waals surface area (Å²) in [4.78, 5) is 14.5. The SMILES string of the molecule is CN(C)c1ncnc2c1ncn2[C@@H]1O[C@H](CO)[C@H](N)[C@H]1O. The van der Waals surface area contributed by atoms with Crippen LogP contribution in [0, 0.1) is 0 Å². The van der Waals surface area contributed by atoms with E-state index < -0.39 is 24.5 Å². The Kier molecular flexibility index (Phi) is 3.49. The molecule has 114 valence electrons. The third-order valence-corrected chi connectivity index (χ3v) is 3.65. The van der Waals surface area contributed by atoms with Crippen molar-refractivity contribution in [2.45, 2.75) is 24.5 Å². The molecule has 21 heavy (non-hydrogen) atoms. The molecule has 3 rings (SSSR count). The lowest BCUT2D eigenvalue weighted by molar-refractivity contribution is -0.0488. The molecule has 0 aliphatic carbocycles. The van der Waals surface area contributed by atoms with E-state index in [9.17, 15) is 10.2 Å². The highest BCUT2D eigenvalue weighted by atomic mass is 16.5. The summed E-state index contributed by atoms with van der Waals surface area (Å²) in [6, 6.07) is -0.660. The van der Waals surface area contributed by atoms with Crippen LogP contribution in [0.3, 0.4) is 0 Å². The lowest BCUT2D eigenvalue weighted by Gasteiger charge is -2.17. The van der Waals surface area contributed by atoms with Crippen LogP contribution in [-0.2, 0) is 4.74 Å². The number of nitrogens with two attached hydrogens (primary N) is 1. The number of rotatable bonds is 3. The van der Waals surface area contributed by atoms with Crippen LogP contribution in [0.5, 0.6) is 0 Å². The summed E-state index contributed by atoms with van der Waals surface area (Å²) < 4.78 is 7.23. The van der Waals surface area contributed by atoms with Crippen LogP contribution in [0.15, 0.2) is 12.7 Å². The summed E-state index contributed by atoms with van der Waals surface area (Å²) in [6.45, 7) is -0.251. The molecular formula is C12H18N6O3. The van der Waals surface area contributed by atoms with Gasteiger partial charge in [-0.25, -0.2) is 15.0 Å². The van der Waals surface area contributed by atoms with Gasteiger partial charge >= 0.3 is 0 Å². The lowest BCUT2D eigenvalue weighted by Crippen LogP contribution is -2.41. The molecule has 0 bridgehead atoms. The molecule has 4 atom stereocenters. The molecule has 1 aliphatic rings. The largest absolute Gasteiger partial charge is 0.394 e. The van der Waals surface area contributed by atoms with Crippen LogP contribution in [-0.4, -0.2) is 68.7 Å². The fourth-order valence-electron chi connectivity index (χ4n) is 2.51. The van der Waals surface area contributed by atoms with Crippen molar-refractivity contribution in [3.8, 4) is 0 Å². The highest BCUT2D eigenvalue weighted by Gasteiger charge is 2.42. The van der Waals surface area contributed by atoms with Gasteiger partial charge in [0.05, 0.1) is 19.0 Å². The molecule has 0 unspecified atom stereocenters. The molecule has 1 saturated heterocycles. The highest BCUT2D eigenvalue weighted by Crippen LogP contribution is 2.31. The van der Waals surface area contributed by atoms with Gasteiger partial charge in [-0.05, 0) is 0 Å². The number of fused-ring (bicyclic) bond motifs is 1. The zero-order valence-corrected chi connectivity index (χ0v) is 11.8. The molecule has 1 aliphatic heterocycles. The number of aliphatic hydroxyl groups is 2. The molecule has 3 heterocycles. The molecule has 0 radical (unpaired) electrons. The van der Waals surface area contributed by atoms with Gasteiger partial charge in [0.1, 0.15) is 18.5 Å². The Morgan fingerprint density at radius 3 is 2.76 bits per heavy atom. The van der Waals surface area contributed by atoms with E-state index >= 15 is 0 Å². The van der Waals surface area contributed by atoms with Crippen molar-refractivity contribution < 1.29 is 14.9 Å². The van der Waals surface area contributed by atoms with E-state index in [1.807, 2.05) is 19.0 Å². The first-order chi connectivity index (χ1) is 10.0. The normalized spacial score (nSPS) is 29.2. The molecule has 0 saturated carbocycles. The van der Waals surface area contributed by atoms with Crippen LogP contribution in [0.2, 0.25) is 0 Å². The fraction of sp³-hybridized carbons (Fsp3) is 0.583. The van der Waals surface area contributed by atoms with Crippen molar-refractivity contribution in [2.24, 2.45) is 5.73 Å². The Morgan fingerprint density at radius 2 is 2.14 bits per heavy atom. The van der Waals surface area contributed by atoms with E-state index in [-0.39, 0.29) is 6.61 Å². The molecule has 0 aromatic carbocycles. The minimum Gasteiger partial charge on any atom is -0.394 e. The number of hydrogen-bond donors (Lipinski definition) is 3. The Labute approximate surface area is 121 Å². The van der Waals surface area contributed by atoms with Crippen LogP contribution < -0.4 is 10.6 Å². The van der Waals surface area contributed by atoms with Gasteiger partial charge in [0, 0.05) is 14.1 Å². The average molecular weight is 294 g/mol. The standard InChI is InChI=1S/C12H18N6O3/c1-17(2)10-8-11(15-4-14-10)18(5-16-8)12-9(20)7(13)6(3-19)21-12/h4-7,9,12,19-20H,3,13H2,1-2H3/t6-,7+,9-,12-/m1/s1. The third kappa shape index (κ3) is 2.14. The molecule has 2 aromatic rings. The predicted octanol–water partition coefficient (Wildman–Crippen LogP) is -1.53.